The summed E-state index contributed by atoms with van der Waals surface area (Å²) in [5, 5.41) is 9.58. The number of ether oxygens (including phenoxy) is 1. The maximum atomic E-state index is 13.3. The van der Waals surface area contributed by atoms with Crippen molar-refractivity contribution in [3.05, 3.63) is 108 Å². The van der Waals surface area contributed by atoms with Crippen LogP contribution in [0.4, 0.5) is 10.1 Å². The van der Waals surface area contributed by atoms with Crippen molar-refractivity contribution in [2.75, 3.05) is 18.0 Å². The zero-order chi connectivity index (χ0) is 26.9. The lowest BCUT2D eigenvalue weighted by atomic mass is 9.97. The van der Waals surface area contributed by atoms with Crippen LogP contribution in [0.5, 0.6) is 0 Å². The number of nitrogens with one attached hydrogen (secondary N) is 2. The molecule has 0 amide bonds. The zero-order valence-corrected chi connectivity index (χ0v) is 22.0. The number of halogens is 1. The van der Waals surface area contributed by atoms with Crippen LogP contribution in [-0.2, 0) is 4.74 Å². The smallest absolute Gasteiger partial charge is 0.396 e. The molecule has 0 saturated heterocycles. The van der Waals surface area contributed by atoms with Crippen molar-refractivity contribution >= 4 is 39.6 Å². The van der Waals surface area contributed by atoms with Crippen molar-refractivity contribution in [1.29, 1.82) is 0 Å². The van der Waals surface area contributed by atoms with Gasteiger partial charge in [0.25, 0.3) is 0 Å². The molecule has 40 heavy (non-hydrogen) atoms. The number of rotatable bonds is 6. The SMILES string of the molecule is Fc1ccc(N2CCC=C(CCC3=CC=[N+]=C(c4cc(-c5cccc6[nH]ccc56)cc5[nH]ncc45)O3)CC2)cc1. The third kappa shape index (κ3) is 4.72. The number of hydrogen-bond acceptors (Lipinski definition) is 3. The van der Waals surface area contributed by atoms with Crippen molar-refractivity contribution in [2.45, 2.75) is 25.7 Å². The molecule has 0 saturated carbocycles. The molecule has 0 unspecified atom stereocenters. The van der Waals surface area contributed by atoms with E-state index < -0.39 is 0 Å². The molecular formula is C33H29FN5O+. The number of nitrogens with zero attached hydrogens (tertiary/aromatic N) is 3. The quantitative estimate of drug-likeness (QED) is 0.191. The number of hydrogen-bond donors (Lipinski definition) is 2. The van der Waals surface area contributed by atoms with Crippen LogP contribution in [0.2, 0.25) is 0 Å². The molecule has 4 heterocycles. The van der Waals surface area contributed by atoms with Gasteiger partial charge in [0, 0.05) is 47.7 Å². The van der Waals surface area contributed by atoms with Gasteiger partial charge in [0.1, 0.15) is 17.1 Å². The summed E-state index contributed by atoms with van der Waals surface area (Å²) in [5.41, 5.74) is 7.68. The first kappa shape index (κ1) is 24.2. The molecule has 7 heteroatoms. The van der Waals surface area contributed by atoms with Gasteiger partial charge in [0.2, 0.25) is 0 Å². The van der Waals surface area contributed by atoms with Crippen molar-refractivity contribution < 1.29 is 9.13 Å². The minimum atomic E-state index is -0.198. The number of anilines is 1. The number of H-pyrrole nitrogens is 2. The third-order valence-electron chi connectivity index (χ3n) is 7.79. The molecule has 7 rings (SSSR count). The first-order valence-electron chi connectivity index (χ1n) is 13.7. The first-order chi connectivity index (χ1) is 19.7. The molecule has 2 aliphatic heterocycles. The van der Waals surface area contributed by atoms with Gasteiger partial charge in [-0.25, -0.2) is 4.39 Å². The second kappa shape index (κ2) is 10.4. The van der Waals surface area contributed by atoms with Crippen molar-refractivity contribution in [3.8, 4) is 11.1 Å². The molecule has 0 atom stereocenters. The van der Waals surface area contributed by atoms with Crippen LogP contribution in [0.25, 0.3) is 32.9 Å². The van der Waals surface area contributed by atoms with Gasteiger partial charge in [-0.2, -0.15) is 5.10 Å². The molecular weight excluding hydrogens is 501 g/mol. The molecule has 198 valence electrons. The summed E-state index contributed by atoms with van der Waals surface area (Å²) < 4.78 is 24.4. The Hall–Kier alpha value is -4.87. The molecule has 0 fully saturated rings. The summed E-state index contributed by atoms with van der Waals surface area (Å²) in [4.78, 5) is 5.63. The molecule has 2 aliphatic rings. The van der Waals surface area contributed by atoms with Gasteiger partial charge in [-0.3, -0.25) is 5.10 Å². The Labute approximate surface area is 231 Å². The van der Waals surface area contributed by atoms with Crippen molar-refractivity contribution in [3.63, 3.8) is 0 Å². The Balaban J connectivity index is 1.07. The van der Waals surface area contributed by atoms with E-state index in [0.29, 0.717) is 5.90 Å². The van der Waals surface area contributed by atoms with Gasteiger partial charge in [0.15, 0.2) is 0 Å². The highest BCUT2D eigenvalue weighted by molar-refractivity contribution is 6.10. The Morgan fingerprint density at radius 2 is 1.88 bits per heavy atom. The number of allylic oxidation sites excluding steroid dienone is 2. The summed E-state index contributed by atoms with van der Waals surface area (Å²) >= 11 is 0. The zero-order valence-electron chi connectivity index (χ0n) is 22.0. The van der Waals surface area contributed by atoms with E-state index in [-0.39, 0.29) is 5.82 Å². The first-order valence-corrected chi connectivity index (χ1v) is 13.7. The predicted molar refractivity (Wildman–Crippen MR) is 160 cm³/mol. The van der Waals surface area contributed by atoms with Gasteiger partial charge in [0.05, 0.1) is 17.8 Å². The van der Waals surface area contributed by atoms with E-state index >= 15 is 0 Å². The highest BCUT2D eigenvalue weighted by atomic mass is 19.1. The fourth-order valence-electron chi connectivity index (χ4n) is 5.69. The van der Waals surface area contributed by atoms with E-state index in [9.17, 15) is 4.39 Å². The molecule has 5 aromatic rings. The highest BCUT2D eigenvalue weighted by Crippen LogP contribution is 2.33. The van der Waals surface area contributed by atoms with Gasteiger partial charge in [-0.05, 0) is 83.6 Å². The van der Waals surface area contributed by atoms with Gasteiger partial charge in [-0.15, -0.1) is 0 Å². The lowest BCUT2D eigenvalue weighted by Gasteiger charge is -2.22. The Morgan fingerprint density at radius 3 is 2.80 bits per heavy atom. The van der Waals surface area contributed by atoms with Crippen molar-refractivity contribution in [2.24, 2.45) is 0 Å². The Kier molecular flexibility index (Phi) is 6.27. The maximum Gasteiger partial charge on any atom is 0.500 e. The van der Waals surface area contributed by atoms with Crippen LogP contribution in [0.15, 0.2) is 96.5 Å². The molecule has 0 spiro atoms. The normalized spacial score (nSPS) is 15.5. The van der Waals surface area contributed by atoms with E-state index in [2.05, 4.69) is 67.2 Å². The van der Waals surface area contributed by atoms with E-state index in [1.165, 1.54) is 23.1 Å². The molecule has 0 radical (unpaired) electrons. The van der Waals surface area contributed by atoms with Gasteiger partial charge >= 0.3 is 12.1 Å². The topological polar surface area (TPSA) is 71.0 Å². The molecule has 0 aliphatic carbocycles. The third-order valence-corrected chi connectivity index (χ3v) is 7.79. The number of aromatic nitrogens is 3. The van der Waals surface area contributed by atoms with Crippen LogP contribution < -0.4 is 9.57 Å². The molecule has 2 N–H and O–H groups in total. The highest BCUT2D eigenvalue weighted by Gasteiger charge is 2.25. The molecule has 2 aromatic heterocycles. The summed E-state index contributed by atoms with van der Waals surface area (Å²) in [5.74, 6) is 1.29. The average Bonchev–Trinajstić information content (AvgIpc) is 3.61. The minimum Gasteiger partial charge on any atom is -0.396 e. The maximum absolute atomic E-state index is 13.3. The summed E-state index contributed by atoms with van der Waals surface area (Å²) in [7, 11) is 0. The van der Waals surface area contributed by atoms with Crippen molar-refractivity contribution in [1.82, 2.24) is 19.8 Å². The van der Waals surface area contributed by atoms with Crippen LogP contribution in [0, 0.1) is 5.82 Å². The number of benzene rings is 3. The average molecular weight is 531 g/mol. The van der Waals surface area contributed by atoms with Crippen LogP contribution in [0.1, 0.15) is 31.2 Å². The second-order valence-electron chi connectivity index (χ2n) is 10.3. The summed E-state index contributed by atoms with van der Waals surface area (Å²) in [6.45, 7) is 1.86. The van der Waals surface area contributed by atoms with E-state index in [1.807, 2.05) is 36.8 Å². The minimum absolute atomic E-state index is 0.198. The number of fused-ring (bicyclic) bond motifs is 2. The largest absolute Gasteiger partial charge is 0.500 e. The standard InChI is InChI=1S/C33H28FN5O/c34-24-7-9-25(10-8-24)39-17-2-3-22(14-18-39)6-11-26-12-15-36-33(40-26)29-19-23(20-32-30(29)21-37-38-32)27-4-1-5-31-28(27)13-16-35-31/h1,3-5,7-10,12-13,15-16,19-21,35H,2,6,11,14,17-18H2/p+1. The van der Waals surface area contributed by atoms with Gasteiger partial charge in [-0.1, -0.05) is 23.8 Å². The van der Waals surface area contributed by atoms with E-state index in [0.717, 1.165) is 83.3 Å². The Bertz CT molecular complexity index is 1840. The fraction of sp³-hybridized carbons (Fsp3) is 0.182. The lowest BCUT2D eigenvalue weighted by molar-refractivity contribution is 0.391. The molecule has 6 nitrogen and oxygen atoms in total. The lowest BCUT2D eigenvalue weighted by Crippen LogP contribution is -2.24. The predicted octanol–water partition coefficient (Wildman–Crippen LogP) is 6.66. The Morgan fingerprint density at radius 1 is 0.950 bits per heavy atom. The molecule has 0 bridgehead atoms. The molecule has 3 aromatic carbocycles. The van der Waals surface area contributed by atoms with Crippen LogP contribution in [0.3, 0.4) is 0 Å². The van der Waals surface area contributed by atoms with E-state index in [1.54, 1.807) is 0 Å². The summed E-state index contributed by atoms with van der Waals surface area (Å²) in [6, 6.07) is 19.5. The second-order valence-corrected chi connectivity index (χ2v) is 10.3. The monoisotopic (exact) mass is 530 g/mol. The van der Waals surface area contributed by atoms with Crippen LogP contribution >= 0.6 is 0 Å². The van der Waals surface area contributed by atoms with Gasteiger partial charge < -0.3 is 14.6 Å². The van der Waals surface area contributed by atoms with E-state index in [4.69, 9.17) is 4.74 Å². The fourth-order valence-corrected chi connectivity index (χ4v) is 5.69. The summed E-state index contributed by atoms with van der Waals surface area (Å²) in [6.07, 6.45) is 13.6. The van der Waals surface area contributed by atoms with Crippen LogP contribution in [-0.4, -0.2) is 40.4 Å². The number of aromatic amines is 2.